The minimum absolute atomic E-state index is 0.319. The predicted molar refractivity (Wildman–Crippen MR) is 49.0 cm³/mol. The Balaban J connectivity index is 2.28. The molecule has 0 amide bonds. The minimum Gasteiger partial charge on any atom is -0.380 e. The van der Waals surface area contributed by atoms with E-state index < -0.39 is 6.10 Å². The molecule has 1 aromatic carbocycles. The minimum atomic E-state index is -0.828. The van der Waals surface area contributed by atoms with Gasteiger partial charge in [0.25, 0.3) is 0 Å². The maximum atomic E-state index is 12.6. The maximum absolute atomic E-state index is 12.6. The summed E-state index contributed by atoms with van der Waals surface area (Å²) < 4.78 is 12.6. The van der Waals surface area contributed by atoms with Crippen LogP contribution in [-0.2, 0) is 0 Å². The van der Waals surface area contributed by atoms with Gasteiger partial charge in [-0.2, -0.15) is 0 Å². The molecule has 3 nitrogen and oxygen atoms in total. The molecule has 2 rings (SSSR count). The highest BCUT2D eigenvalue weighted by atomic mass is 19.1. The van der Waals surface area contributed by atoms with Crippen molar-refractivity contribution in [2.75, 3.05) is 0 Å². The number of hydrogen-bond donors (Lipinski definition) is 2. The quantitative estimate of drug-likeness (QED) is 0.759. The predicted octanol–water partition coefficient (Wildman–Crippen LogP) is 1.63. The van der Waals surface area contributed by atoms with Crippen LogP contribution in [0.5, 0.6) is 0 Å². The Morgan fingerprint density at radius 3 is 2.57 bits per heavy atom. The first-order chi connectivity index (χ1) is 6.77. The number of aromatic amines is 1. The molecule has 0 aliphatic heterocycles. The van der Waals surface area contributed by atoms with E-state index in [1.54, 1.807) is 12.4 Å². The van der Waals surface area contributed by atoms with Crippen molar-refractivity contribution in [3.8, 4) is 0 Å². The molecule has 0 aliphatic rings. The van der Waals surface area contributed by atoms with E-state index in [0.717, 1.165) is 0 Å². The molecule has 14 heavy (non-hydrogen) atoms. The van der Waals surface area contributed by atoms with E-state index in [4.69, 9.17) is 0 Å². The number of imidazole rings is 1. The van der Waals surface area contributed by atoms with Gasteiger partial charge in [0.1, 0.15) is 17.7 Å². The van der Waals surface area contributed by atoms with Gasteiger partial charge in [0.05, 0.1) is 0 Å². The average Bonchev–Trinajstić information content (AvgIpc) is 2.71. The van der Waals surface area contributed by atoms with Crippen LogP contribution in [0.3, 0.4) is 0 Å². The maximum Gasteiger partial charge on any atom is 0.139 e. The van der Waals surface area contributed by atoms with Crippen LogP contribution in [0.15, 0.2) is 36.7 Å². The molecule has 0 bridgehead atoms. The highest BCUT2D eigenvalue weighted by Crippen LogP contribution is 2.18. The first kappa shape index (κ1) is 8.90. The second kappa shape index (κ2) is 3.59. The summed E-state index contributed by atoms with van der Waals surface area (Å²) in [6, 6.07) is 5.67. The third-order valence-electron chi connectivity index (χ3n) is 1.96. The van der Waals surface area contributed by atoms with Gasteiger partial charge in [-0.15, -0.1) is 0 Å². The Kier molecular flexibility index (Phi) is 2.28. The number of nitrogens with one attached hydrogen (secondary N) is 1. The largest absolute Gasteiger partial charge is 0.380 e. The van der Waals surface area contributed by atoms with Crippen LogP contribution in [0.2, 0.25) is 0 Å². The molecule has 0 spiro atoms. The van der Waals surface area contributed by atoms with Crippen molar-refractivity contribution in [2.45, 2.75) is 6.10 Å². The summed E-state index contributed by atoms with van der Waals surface area (Å²) in [5.41, 5.74) is 0.612. The van der Waals surface area contributed by atoms with Crippen LogP contribution in [0.25, 0.3) is 0 Å². The Hall–Kier alpha value is -1.68. The Bertz CT molecular complexity index is 397. The third kappa shape index (κ3) is 1.65. The molecule has 2 aromatic rings. The normalized spacial score (nSPS) is 12.7. The van der Waals surface area contributed by atoms with Gasteiger partial charge in [-0.05, 0) is 17.7 Å². The number of rotatable bonds is 2. The highest BCUT2D eigenvalue weighted by molar-refractivity contribution is 5.23. The van der Waals surface area contributed by atoms with Gasteiger partial charge >= 0.3 is 0 Å². The van der Waals surface area contributed by atoms with Crippen LogP contribution in [-0.4, -0.2) is 15.1 Å². The van der Waals surface area contributed by atoms with Crippen LogP contribution in [0.1, 0.15) is 17.5 Å². The molecule has 1 aromatic heterocycles. The zero-order chi connectivity index (χ0) is 9.97. The van der Waals surface area contributed by atoms with Gasteiger partial charge < -0.3 is 10.1 Å². The average molecular weight is 192 g/mol. The summed E-state index contributed by atoms with van der Waals surface area (Å²) in [5, 5.41) is 9.76. The lowest BCUT2D eigenvalue weighted by Gasteiger charge is -2.07. The lowest BCUT2D eigenvalue weighted by molar-refractivity contribution is 0.211. The number of H-pyrrole nitrogens is 1. The zero-order valence-electron chi connectivity index (χ0n) is 7.31. The number of aromatic nitrogens is 2. The number of nitrogens with zero attached hydrogens (tertiary/aromatic N) is 1. The SMILES string of the molecule is O[C@H](c1ccc(F)cc1)c1ncc[nH]1. The zero-order valence-corrected chi connectivity index (χ0v) is 7.31. The number of hydrogen-bond acceptors (Lipinski definition) is 2. The van der Waals surface area contributed by atoms with Crippen molar-refractivity contribution in [3.05, 3.63) is 53.9 Å². The van der Waals surface area contributed by atoms with E-state index in [1.807, 2.05) is 0 Å². The van der Waals surface area contributed by atoms with Gasteiger partial charge in [-0.3, -0.25) is 0 Å². The number of benzene rings is 1. The molecular formula is C10H9FN2O. The smallest absolute Gasteiger partial charge is 0.139 e. The van der Waals surface area contributed by atoms with Gasteiger partial charge in [-0.25, -0.2) is 9.37 Å². The molecule has 0 radical (unpaired) electrons. The number of aliphatic hydroxyl groups excluding tert-OH is 1. The first-order valence-corrected chi connectivity index (χ1v) is 4.20. The van der Waals surface area contributed by atoms with Crippen molar-refractivity contribution in [1.29, 1.82) is 0 Å². The lowest BCUT2D eigenvalue weighted by atomic mass is 10.1. The topological polar surface area (TPSA) is 48.9 Å². The van der Waals surface area contributed by atoms with Crippen LogP contribution in [0.4, 0.5) is 4.39 Å². The molecule has 2 N–H and O–H groups in total. The summed E-state index contributed by atoms with van der Waals surface area (Å²) >= 11 is 0. The molecule has 72 valence electrons. The second-order valence-electron chi connectivity index (χ2n) is 2.93. The summed E-state index contributed by atoms with van der Waals surface area (Å²) in [4.78, 5) is 6.71. The molecular weight excluding hydrogens is 183 g/mol. The van der Waals surface area contributed by atoms with E-state index >= 15 is 0 Å². The Morgan fingerprint density at radius 2 is 2.00 bits per heavy atom. The van der Waals surface area contributed by atoms with Gasteiger partial charge in [0.15, 0.2) is 0 Å². The van der Waals surface area contributed by atoms with Crippen LogP contribution in [0, 0.1) is 5.82 Å². The Labute approximate surface area is 80.2 Å². The fourth-order valence-electron chi connectivity index (χ4n) is 1.23. The molecule has 1 atom stereocenters. The standard InChI is InChI=1S/C10H9FN2O/c11-8-3-1-7(2-4-8)9(14)10-12-5-6-13-10/h1-6,9,14H,(H,12,13)/t9-/m1/s1. The van der Waals surface area contributed by atoms with Crippen molar-refractivity contribution < 1.29 is 9.50 Å². The van der Waals surface area contributed by atoms with Gasteiger partial charge in [0.2, 0.25) is 0 Å². The van der Waals surface area contributed by atoms with Crippen molar-refractivity contribution in [3.63, 3.8) is 0 Å². The molecule has 0 fully saturated rings. The molecule has 0 saturated carbocycles. The third-order valence-corrected chi connectivity index (χ3v) is 1.96. The van der Waals surface area contributed by atoms with E-state index in [2.05, 4.69) is 9.97 Å². The Morgan fingerprint density at radius 1 is 1.29 bits per heavy atom. The molecule has 4 heteroatoms. The lowest BCUT2D eigenvalue weighted by Crippen LogP contribution is -2.01. The van der Waals surface area contributed by atoms with E-state index in [9.17, 15) is 9.50 Å². The monoisotopic (exact) mass is 192 g/mol. The fraction of sp³-hybridized carbons (Fsp3) is 0.100. The molecule has 0 saturated heterocycles. The number of halogens is 1. The van der Waals surface area contributed by atoms with E-state index in [-0.39, 0.29) is 5.82 Å². The fourth-order valence-corrected chi connectivity index (χ4v) is 1.23. The first-order valence-electron chi connectivity index (χ1n) is 4.20. The summed E-state index contributed by atoms with van der Waals surface area (Å²) in [6.45, 7) is 0. The van der Waals surface area contributed by atoms with E-state index in [1.165, 1.54) is 24.3 Å². The highest BCUT2D eigenvalue weighted by Gasteiger charge is 2.11. The molecule has 0 aliphatic carbocycles. The van der Waals surface area contributed by atoms with Crippen molar-refractivity contribution >= 4 is 0 Å². The van der Waals surface area contributed by atoms with Crippen LogP contribution >= 0.6 is 0 Å². The number of aliphatic hydroxyl groups is 1. The van der Waals surface area contributed by atoms with E-state index in [0.29, 0.717) is 11.4 Å². The summed E-state index contributed by atoms with van der Waals surface area (Å²) in [6.07, 6.45) is 2.36. The molecule has 0 unspecified atom stereocenters. The van der Waals surface area contributed by atoms with Crippen molar-refractivity contribution in [1.82, 2.24) is 9.97 Å². The van der Waals surface area contributed by atoms with Crippen molar-refractivity contribution in [2.24, 2.45) is 0 Å². The molecule has 1 heterocycles. The van der Waals surface area contributed by atoms with Crippen LogP contribution < -0.4 is 0 Å². The summed E-state index contributed by atoms with van der Waals surface area (Å²) in [7, 11) is 0. The van der Waals surface area contributed by atoms with Gasteiger partial charge in [-0.1, -0.05) is 12.1 Å². The summed E-state index contributed by atoms with van der Waals surface area (Å²) in [5.74, 6) is 0.136. The van der Waals surface area contributed by atoms with Gasteiger partial charge in [0, 0.05) is 12.4 Å². The second-order valence-corrected chi connectivity index (χ2v) is 2.93.